The maximum absolute atomic E-state index is 12.7. The zero-order valence-corrected chi connectivity index (χ0v) is 18.6. The van der Waals surface area contributed by atoms with E-state index in [1.54, 1.807) is 6.20 Å². The van der Waals surface area contributed by atoms with Crippen molar-refractivity contribution < 1.29 is 4.79 Å². The molecule has 7 nitrogen and oxygen atoms in total. The van der Waals surface area contributed by atoms with Crippen LogP contribution in [-0.4, -0.2) is 47.8 Å². The maximum Gasteiger partial charge on any atom is 0.248 e. The predicted octanol–water partition coefficient (Wildman–Crippen LogP) is 2.43. The Labute approximate surface area is 183 Å². The molecule has 1 amide bonds. The number of nitrogens with one attached hydrogen (secondary N) is 2. The molecule has 2 heterocycles. The predicted molar refractivity (Wildman–Crippen MR) is 123 cm³/mol. The fourth-order valence-electron chi connectivity index (χ4n) is 3.25. The number of benzene rings is 1. The number of carbonyl (C=O) groups is 1. The molecule has 0 saturated carbocycles. The summed E-state index contributed by atoms with van der Waals surface area (Å²) in [6.07, 6.45) is 6.69. The van der Waals surface area contributed by atoms with Crippen molar-refractivity contribution >= 4 is 41.5 Å². The van der Waals surface area contributed by atoms with Gasteiger partial charge in [0.2, 0.25) is 5.91 Å². The van der Waals surface area contributed by atoms with E-state index in [0.29, 0.717) is 5.96 Å². The van der Waals surface area contributed by atoms with Crippen molar-refractivity contribution in [3.05, 3.63) is 48.3 Å². The summed E-state index contributed by atoms with van der Waals surface area (Å²) in [5.41, 5.74) is 2.27. The van der Waals surface area contributed by atoms with E-state index in [9.17, 15) is 4.79 Å². The van der Waals surface area contributed by atoms with Crippen LogP contribution in [0.4, 0.5) is 5.69 Å². The second-order valence-corrected chi connectivity index (χ2v) is 6.52. The zero-order valence-electron chi connectivity index (χ0n) is 16.3. The number of rotatable bonds is 7. The first-order valence-electron chi connectivity index (χ1n) is 9.66. The normalized spacial score (nSPS) is 13.5. The van der Waals surface area contributed by atoms with Crippen molar-refractivity contribution in [3.63, 3.8) is 0 Å². The fraction of sp³-hybridized carbons (Fsp3) is 0.450. The Bertz CT molecular complexity index is 762. The van der Waals surface area contributed by atoms with Crippen LogP contribution in [0.3, 0.4) is 0 Å². The van der Waals surface area contributed by atoms with Gasteiger partial charge in [0, 0.05) is 44.3 Å². The summed E-state index contributed by atoms with van der Waals surface area (Å²) in [7, 11) is 0. The topological polar surface area (TPSA) is 74.6 Å². The maximum atomic E-state index is 12.7. The minimum Gasteiger partial charge on any atom is -0.357 e. The summed E-state index contributed by atoms with van der Waals surface area (Å²) >= 11 is 0. The van der Waals surface area contributed by atoms with Gasteiger partial charge in [-0.2, -0.15) is 5.10 Å². The lowest BCUT2D eigenvalue weighted by Crippen LogP contribution is -2.41. The lowest BCUT2D eigenvalue weighted by Gasteiger charge is -2.29. The molecule has 3 rings (SSSR count). The van der Waals surface area contributed by atoms with E-state index >= 15 is 0 Å². The van der Waals surface area contributed by atoms with E-state index in [2.05, 4.69) is 26.8 Å². The van der Waals surface area contributed by atoms with Gasteiger partial charge in [0.05, 0.1) is 0 Å². The van der Waals surface area contributed by atoms with E-state index < -0.39 is 0 Å². The van der Waals surface area contributed by atoms with Crippen LogP contribution in [0.2, 0.25) is 0 Å². The van der Waals surface area contributed by atoms with Gasteiger partial charge in [-0.25, -0.2) is 4.99 Å². The van der Waals surface area contributed by atoms with Crippen LogP contribution in [0.15, 0.2) is 47.7 Å². The van der Waals surface area contributed by atoms with Gasteiger partial charge in [-0.1, -0.05) is 18.2 Å². The number of aryl methyl sites for hydroxylation is 2. The smallest absolute Gasteiger partial charge is 0.248 e. The molecular formula is C20H29IN6O. The summed E-state index contributed by atoms with van der Waals surface area (Å²) in [6.45, 7) is 5.30. The van der Waals surface area contributed by atoms with Crippen LogP contribution < -0.4 is 15.5 Å². The highest BCUT2D eigenvalue weighted by Gasteiger charge is 2.21. The molecule has 8 heteroatoms. The molecule has 2 aromatic rings. The minimum atomic E-state index is 0. The molecule has 2 N–H and O–H groups in total. The van der Waals surface area contributed by atoms with Crippen LogP contribution >= 0.6 is 24.0 Å². The molecule has 0 aliphatic carbocycles. The van der Waals surface area contributed by atoms with Crippen LogP contribution in [-0.2, 0) is 17.8 Å². The number of carbonyl (C=O) groups excluding carboxylic acids is 1. The summed E-state index contributed by atoms with van der Waals surface area (Å²) in [4.78, 5) is 19.0. The highest BCUT2D eigenvalue weighted by atomic mass is 127. The Balaban J connectivity index is 0.00000280. The van der Waals surface area contributed by atoms with Crippen molar-refractivity contribution in [2.24, 2.45) is 4.99 Å². The average molecular weight is 496 g/mol. The Morgan fingerprint density at radius 2 is 2.11 bits per heavy atom. The third kappa shape index (κ3) is 6.22. The number of hydrogen-bond acceptors (Lipinski definition) is 3. The molecule has 28 heavy (non-hydrogen) atoms. The molecule has 0 fully saturated rings. The van der Waals surface area contributed by atoms with Gasteiger partial charge >= 0.3 is 0 Å². The number of halogens is 1. The first-order chi connectivity index (χ1) is 13.3. The third-order valence-electron chi connectivity index (χ3n) is 4.54. The zero-order chi connectivity index (χ0) is 18.9. The summed E-state index contributed by atoms with van der Waals surface area (Å²) in [5.74, 6) is 0.715. The summed E-state index contributed by atoms with van der Waals surface area (Å²) < 4.78 is 1.91. The van der Waals surface area contributed by atoms with Crippen LogP contribution in [0.25, 0.3) is 0 Å². The lowest BCUT2D eigenvalue weighted by atomic mass is 10.0. The number of amides is 1. The molecular weight excluding hydrogens is 467 g/mol. The molecule has 0 spiro atoms. The van der Waals surface area contributed by atoms with E-state index in [4.69, 9.17) is 0 Å². The number of anilines is 1. The minimum absolute atomic E-state index is 0. The van der Waals surface area contributed by atoms with Crippen LogP contribution in [0, 0.1) is 0 Å². The van der Waals surface area contributed by atoms with Gasteiger partial charge in [-0.05, 0) is 43.9 Å². The molecule has 0 saturated heterocycles. The van der Waals surface area contributed by atoms with Gasteiger partial charge in [0.1, 0.15) is 6.54 Å². The van der Waals surface area contributed by atoms with Crippen molar-refractivity contribution in [2.75, 3.05) is 31.1 Å². The molecule has 152 valence electrons. The average Bonchev–Trinajstić information content (AvgIpc) is 3.22. The number of nitrogens with zero attached hydrogens (tertiary/aromatic N) is 4. The first kappa shape index (κ1) is 22.2. The molecule has 1 aliphatic rings. The lowest BCUT2D eigenvalue weighted by molar-refractivity contribution is -0.117. The van der Waals surface area contributed by atoms with Gasteiger partial charge in [0.25, 0.3) is 0 Å². The number of aliphatic imine (C=N–C) groups is 1. The van der Waals surface area contributed by atoms with Crippen LogP contribution in [0.1, 0.15) is 25.3 Å². The Morgan fingerprint density at radius 1 is 1.25 bits per heavy atom. The van der Waals surface area contributed by atoms with Crippen molar-refractivity contribution in [3.8, 4) is 0 Å². The number of fused-ring (bicyclic) bond motifs is 1. The largest absolute Gasteiger partial charge is 0.357 e. The standard InChI is InChI=1S/C20H28N6O.HI/c1-2-21-20(22-11-6-13-25-14-7-12-24-25)23-16-19(27)26-15-5-9-17-8-3-4-10-18(17)26;/h3-4,7-8,10,12,14H,2,5-6,9,11,13,15-16H2,1H3,(H2,21,22,23);1H. The van der Waals surface area contributed by atoms with Gasteiger partial charge in [-0.3, -0.25) is 9.48 Å². The molecule has 0 bridgehead atoms. The molecule has 1 aromatic carbocycles. The second kappa shape index (κ2) is 11.7. The Morgan fingerprint density at radius 3 is 2.89 bits per heavy atom. The SMILES string of the molecule is CCNC(=NCC(=O)N1CCCc2ccccc21)NCCCn1cccn1.I. The monoisotopic (exact) mass is 496 g/mol. The Hall–Kier alpha value is -2.10. The fourth-order valence-corrected chi connectivity index (χ4v) is 3.25. The first-order valence-corrected chi connectivity index (χ1v) is 9.66. The van der Waals surface area contributed by atoms with E-state index in [1.165, 1.54) is 5.56 Å². The highest BCUT2D eigenvalue weighted by Crippen LogP contribution is 2.26. The van der Waals surface area contributed by atoms with Crippen molar-refractivity contribution in [2.45, 2.75) is 32.7 Å². The summed E-state index contributed by atoms with van der Waals surface area (Å²) in [5, 5.41) is 10.7. The quantitative estimate of drug-likeness (QED) is 0.267. The molecule has 0 atom stereocenters. The van der Waals surface area contributed by atoms with Gasteiger partial charge in [0.15, 0.2) is 5.96 Å². The second-order valence-electron chi connectivity index (χ2n) is 6.52. The molecule has 0 radical (unpaired) electrons. The van der Waals surface area contributed by atoms with E-state index in [-0.39, 0.29) is 36.4 Å². The van der Waals surface area contributed by atoms with Crippen molar-refractivity contribution in [1.82, 2.24) is 20.4 Å². The third-order valence-corrected chi connectivity index (χ3v) is 4.54. The van der Waals surface area contributed by atoms with E-state index in [0.717, 1.165) is 51.1 Å². The number of hydrogen-bond donors (Lipinski definition) is 2. The van der Waals surface area contributed by atoms with Crippen molar-refractivity contribution in [1.29, 1.82) is 0 Å². The highest BCUT2D eigenvalue weighted by molar-refractivity contribution is 14.0. The number of aromatic nitrogens is 2. The van der Waals surface area contributed by atoms with E-state index in [1.807, 2.05) is 47.0 Å². The van der Waals surface area contributed by atoms with Crippen LogP contribution in [0.5, 0.6) is 0 Å². The molecule has 0 unspecified atom stereocenters. The number of guanidine groups is 1. The molecule has 1 aliphatic heterocycles. The van der Waals surface area contributed by atoms with Gasteiger partial charge in [-0.15, -0.1) is 24.0 Å². The number of para-hydroxylation sites is 1. The molecule has 1 aromatic heterocycles. The summed E-state index contributed by atoms with van der Waals surface area (Å²) in [6, 6.07) is 10.1. The Kier molecular flexibility index (Phi) is 9.26. The van der Waals surface area contributed by atoms with Gasteiger partial charge < -0.3 is 15.5 Å².